The van der Waals surface area contributed by atoms with Crippen LogP contribution in [0.5, 0.6) is 0 Å². The number of benzene rings is 2. The van der Waals surface area contributed by atoms with Crippen LogP contribution in [0.4, 0.5) is 11.4 Å². The number of nitrogens with one attached hydrogen (secondary N) is 1. The smallest absolute Gasteiger partial charge is 0.232 e. The molecule has 136 valence electrons. The Balaban J connectivity index is 2.17. The summed E-state index contributed by atoms with van der Waals surface area (Å²) in [6.07, 6.45) is 0.971. The predicted molar refractivity (Wildman–Crippen MR) is 103 cm³/mol. The lowest BCUT2D eigenvalue weighted by Gasteiger charge is -2.23. The number of amides is 1. The summed E-state index contributed by atoms with van der Waals surface area (Å²) in [4.78, 5) is 12.3. The molecule has 0 aliphatic rings. The molecule has 8 heteroatoms. The van der Waals surface area contributed by atoms with E-state index in [1.165, 1.54) is 6.07 Å². The Morgan fingerprint density at radius 2 is 1.92 bits per heavy atom. The van der Waals surface area contributed by atoms with Crippen LogP contribution in [0.15, 0.2) is 42.5 Å². The largest absolute Gasteiger partial charge is 0.326 e. The van der Waals surface area contributed by atoms with Crippen molar-refractivity contribution in [1.29, 1.82) is 5.26 Å². The highest BCUT2D eigenvalue weighted by Crippen LogP contribution is 2.24. The van der Waals surface area contributed by atoms with Crippen LogP contribution in [0.2, 0.25) is 5.02 Å². The molecule has 0 fully saturated rings. The van der Waals surface area contributed by atoms with Gasteiger partial charge in [-0.05, 0) is 36.8 Å². The normalized spacial score (nSPS) is 10.8. The van der Waals surface area contributed by atoms with Gasteiger partial charge in [0, 0.05) is 23.7 Å². The van der Waals surface area contributed by atoms with Gasteiger partial charge in [-0.2, -0.15) is 5.26 Å². The van der Waals surface area contributed by atoms with Gasteiger partial charge in [-0.25, -0.2) is 8.42 Å². The zero-order valence-electron chi connectivity index (χ0n) is 14.4. The maximum Gasteiger partial charge on any atom is 0.232 e. The monoisotopic (exact) mass is 391 g/mol. The van der Waals surface area contributed by atoms with Crippen molar-refractivity contribution in [3.63, 3.8) is 0 Å². The second-order valence-corrected chi connectivity index (χ2v) is 7.99. The van der Waals surface area contributed by atoms with E-state index in [0.29, 0.717) is 10.7 Å². The van der Waals surface area contributed by atoms with E-state index in [9.17, 15) is 18.5 Å². The molecule has 2 rings (SSSR count). The number of hydrogen-bond donors (Lipinski definition) is 1. The number of nitrogens with zero attached hydrogens (tertiary/aromatic N) is 2. The first-order valence-corrected chi connectivity index (χ1v) is 9.98. The van der Waals surface area contributed by atoms with E-state index in [0.717, 1.165) is 16.1 Å². The fourth-order valence-electron chi connectivity index (χ4n) is 2.41. The van der Waals surface area contributed by atoms with Crippen molar-refractivity contribution in [3.05, 3.63) is 58.6 Å². The SMILES string of the molecule is Cc1c(Cl)cccc1NC(=O)CCN(c1ccccc1C#N)S(C)(=O)=O. The van der Waals surface area contributed by atoms with Crippen LogP contribution in [0.25, 0.3) is 0 Å². The molecule has 2 aromatic carbocycles. The van der Waals surface area contributed by atoms with Crippen LogP contribution >= 0.6 is 11.6 Å². The molecule has 0 radical (unpaired) electrons. The fourth-order valence-corrected chi connectivity index (χ4v) is 3.52. The zero-order valence-corrected chi connectivity index (χ0v) is 15.9. The number of halogens is 1. The molecular formula is C18H18ClN3O3S. The molecule has 0 atom stereocenters. The lowest BCUT2D eigenvalue weighted by Crippen LogP contribution is -2.33. The standard InChI is InChI=1S/C18H18ClN3O3S/c1-13-15(19)7-5-8-16(13)21-18(23)10-11-22(26(2,24)25)17-9-4-3-6-14(17)12-20/h3-9H,10-11H2,1-2H3,(H,21,23). The van der Waals surface area contributed by atoms with E-state index in [1.54, 1.807) is 43.3 Å². The van der Waals surface area contributed by atoms with Crippen molar-refractivity contribution in [3.8, 4) is 6.07 Å². The van der Waals surface area contributed by atoms with Crippen LogP contribution in [0, 0.1) is 18.3 Å². The third-order valence-corrected chi connectivity index (χ3v) is 5.37. The van der Waals surface area contributed by atoms with Crippen molar-refractivity contribution >= 4 is 38.9 Å². The van der Waals surface area contributed by atoms with Crippen molar-refractivity contribution in [1.82, 2.24) is 0 Å². The summed E-state index contributed by atoms with van der Waals surface area (Å²) in [7, 11) is -3.65. The molecule has 1 amide bonds. The minimum absolute atomic E-state index is 0.0706. The molecule has 0 saturated carbocycles. The summed E-state index contributed by atoms with van der Waals surface area (Å²) in [6.45, 7) is 1.70. The third kappa shape index (κ3) is 4.75. The highest BCUT2D eigenvalue weighted by atomic mass is 35.5. The van der Waals surface area contributed by atoms with Gasteiger partial charge in [0.25, 0.3) is 0 Å². The highest BCUT2D eigenvalue weighted by Gasteiger charge is 2.21. The first-order chi connectivity index (χ1) is 12.2. The Morgan fingerprint density at radius 1 is 1.23 bits per heavy atom. The number of para-hydroxylation sites is 1. The first kappa shape index (κ1) is 19.8. The van der Waals surface area contributed by atoms with Crippen molar-refractivity contribution in [2.24, 2.45) is 0 Å². The van der Waals surface area contributed by atoms with E-state index in [4.69, 9.17) is 11.6 Å². The molecule has 0 aromatic heterocycles. The molecule has 0 heterocycles. The summed E-state index contributed by atoms with van der Waals surface area (Å²) >= 11 is 6.03. The van der Waals surface area contributed by atoms with E-state index in [1.807, 2.05) is 6.07 Å². The van der Waals surface area contributed by atoms with Gasteiger partial charge in [0.1, 0.15) is 6.07 Å². The topological polar surface area (TPSA) is 90.3 Å². The van der Waals surface area contributed by atoms with Gasteiger partial charge in [-0.15, -0.1) is 0 Å². The van der Waals surface area contributed by atoms with Gasteiger partial charge in [0.05, 0.1) is 17.5 Å². The minimum Gasteiger partial charge on any atom is -0.326 e. The van der Waals surface area contributed by atoms with Gasteiger partial charge >= 0.3 is 0 Å². The maximum atomic E-state index is 12.3. The summed E-state index contributed by atoms with van der Waals surface area (Å²) in [5.74, 6) is -0.349. The molecule has 1 N–H and O–H groups in total. The molecule has 0 aliphatic carbocycles. The minimum atomic E-state index is -3.65. The first-order valence-electron chi connectivity index (χ1n) is 7.76. The average Bonchev–Trinajstić information content (AvgIpc) is 2.58. The summed E-state index contributed by atoms with van der Waals surface area (Å²) in [5.41, 5.74) is 1.79. The molecule has 0 saturated heterocycles. The number of carbonyl (C=O) groups excluding carboxylic acids is 1. The van der Waals surface area contributed by atoms with E-state index < -0.39 is 10.0 Å². The number of sulfonamides is 1. The second kappa shape index (κ2) is 8.21. The van der Waals surface area contributed by atoms with Crippen LogP contribution in [-0.4, -0.2) is 27.1 Å². The fraction of sp³-hybridized carbons (Fsp3) is 0.222. The molecular weight excluding hydrogens is 374 g/mol. The molecule has 0 unspecified atom stereocenters. The van der Waals surface area contributed by atoms with Crippen molar-refractivity contribution in [2.75, 3.05) is 22.4 Å². The molecule has 0 aliphatic heterocycles. The van der Waals surface area contributed by atoms with Crippen LogP contribution in [0.1, 0.15) is 17.5 Å². The Bertz CT molecular complexity index is 968. The number of carbonyl (C=O) groups is 1. The Morgan fingerprint density at radius 3 is 2.58 bits per heavy atom. The average molecular weight is 392 g/mol. The van der Waals surface area contributed by atoms with Crippen LogP contribution in [-0.2, 0) is 14.8 Å². The number of hydrogen-bond acceptors (Lipinski definition) is 4. The Hall–Kier alpha value is -2.56. The lowest BCUT2D eigenvalue weighted by molar-refractivity contribution is -0.116. The van der Waals surface area contributed by atoms with E-state index >= 15 is 0 Å². The van der Waals surface area contributed by atoms with Gasteiger partial charge in [-0.3, -0.25) is 9.10 Å². The Labute approximate surface area is 158 Å². The van der Waals surface area contributed by atoms with Crippen LogP contribution in [0.3, 0.4) is 0 Å². The molecule has 26 heavy (non-hydrogen) atoms. The van der Waals surface area contributed by atoms with Crippen LogP contribution < -0.4 is 9.62 Å². The number of nitriles is 1. The maximum absolute atomic E-state index is 12.3. The molecule has 2 aromatic rings. The van der Waals surface area contributed by atoms with Gasteiger partial charge in [-0.1, -0.05) is 29.8 Å². The predicted octanol–water partition coefficient (Wildman–Crippen LogP) is 3.31. The summed E-state index contributed by atoms with van der Waals surface area (Å²) in [5, 5.41) is 12.5. The van der Waals surface area contributed by atoms with Crippen molar-refractivity contribution < 1.29 is 13.2 Å². The van der Waals surface area contributed by atoms with Crippen molar-refractivity contribution in [2.45, 2.75) is 13.3 Å². The summed E-state index contributed by atoms with van der Waals surface area (Å²) < 4.78 is 25.3. The third-order valence-electron chi connectivity index (χ3n) is 3.78. The van der Waals surface area contributed by atoms with E-state index in [-0.39, 0.29) is 30.1 Å². The molecule has 6 nitrogen and oxygen atoms in total. The molecule has 0 spiro atoms. The molecule has 0 bridgehead atoms. The number of anilines is 2. The highest BCUT2D eigenvalue weighted by molar-refractivity contribution is 7.92. The zero-order chi connectivity index (χ0) is 19.3. The number of rotatable bonds is 6. The quantitative estimate of drug-likeness (QED) is 0.817. The van der Waals surface area contributed by atoms with Gasteiger partial charge in [0.15, 0.2) is 0 Å². The van der Waals surface area contributed by atoms with E-state index in [2.05, 4.69) is 5.32 Å². The van der Waals surface area contributed by atoms with Gasteiger partial charge < -0.3 is 5.32 Å². The second-order valence-electron chi connectivity index (χ2n) is 5.67. The summed E-state index contributed by atoms with van der Waals surface area (Å²) in [6, 6.07) is 13.5. The Kier molecular flexibility index (Phi) is 6.24. The van der Waals surface area contributed by atoms with Gasteiger partial charge in [0.2, 0.25) is 15.9 Å². The lowest BCUT2D eigenvalue weighted by atomic mass is 10.2.